The Bertz CT molecular complexity index is 1410. The van der Waals surface area contributed by atoms with E-state index >= 15 is 0 Å². The van der Waals surface area contributed by atoms with Crippen molar-refractivity contribution in [2.45, 2.75) is 23.8 Å². The number of aliphatic hydroxyl groups excluding tert-OH is 1. The Morgan fingerprint density at radius 1 is 1.15 bits per heavy atom. The van der Waals surface area contributed by atoms with Crippen LogP contribution in [0.1, 0.15) is 22.4 Å². The van der Waals surface area contributed by atoms with Gasteiger partial charge in [-0.1, -0.05) is 41.6 Å². The van der Waals surface area contributed by atoms with Crippen LogP contribution in [-0.4, -0.2) is 44.5 Å². The highest BCUT2D eigenvalue weighted by atomic mass is 32.2. The molecule has 0 spiro atoms. The molecule has 10 heteroatoms. The number of benzene rings is 1. The summed E-state index contributed by atoms with van der Waals surface area (Å²) in [5, 5.41) is 40.1. The van der Waals surface area contributed by atoms with Gasteiger partial charge in [0.2, 0.25) is 0 Å². The largest absolute Gasteiger partial charge is 0.389 e. The van der Waals surface area contributed by atoms with Crippen molar-refractivity contribution in [3.8, 4) is 34.0 Å². The second-order valence-electron chi connectivity index (χ2n) is 7.92. The predicted octanol–water partition coefficient (Wildman–Crippen LogP) is 4.12. The van der Waals surface area contributed by atoms with Crippen molar-refractivity contribution in [3.05, 3.63) is 64.3 Å². The summed E-state index contributed by atoms with van der Waals surface area (Å²) in [5.41, 5.74) is 4.85. The SMILES string of the molecule is Cc1ccc(-c2nc(CSc3nc(N4CC(O)C4)c(C#N)c(-c4ccn[nH]4)c3C#N)cs2)cc1. The van der Waals surface area contributed by atoms with Gasteiger partial charge in [-0.3, -0.25) is 5.10 Å². The van der Waals surface area contributed by atoms with Crippen LogP contribution in [0.4, 0.5) is 5.82 Å². The molecule has 4 aromatic rings. The molecule has 168 valence electrons. The number of anilines is 1. The van der Waals surface area contributed by atoms with Crippen molar-refractivity contribution in [3.63, 3.8) is 0 Å². The number of β-amino-alcohol motifs (C(OH)–C–C–N with tert-alkyl or cyclic N) is 1. The standard InChI is InChI=1S/C24H19N7OS2/c1-14-2-4-15(5-3-14)23-28-16(12-33-23)13-34-24-19(9-26)21(20-6-7-27-30-20)18(8-25)22(29-24)31-10-17(32)11-31/h2-7,12,17,32H,10-11,13H2,1H3,(H,27,30). The Morgan fingerprint density at radius 3 is 2.56 bits per heavy atom. The van der Waals surface area contributed by atoms with Gasteiger partial charge in [-0.15, -0.1) is 11.3 Å². The van der Waals surface area contributed by atoms with Crippen LogP contribution in [-0.2, 0) is 5.75 Å². The quantitative estimate of drug-likeness (QED) is 0.391. The van der Waals surface area contributed by atoms with E-state index in [0.717, 1.165) is 16.3 Å². The topological polar surface area (TPSA) is 126 Å². The van der Waals surface area contributed by atoms with E-state index in [-0.39, 0.29) is 0 Å². The number of aromatic nitrogens is 4. The minimum atomic E-state index is -0.453. The molecule has 5 rings (SSSR count). The van der Waals surface area contributed by atoms with Gasteiger partial charge in [0.1, 0.15) is 33.6 Å². The van der Waals surface area contributed by atoms with E-state index in [1.807, 2.05) is 10.3 Å². The summed E-state index contributed by atoms with van der Waals surface area (Å²) in [6.45, 7) is 2.84. The highest BCUT2D eigenvalue weighted by Gasteiger charge is 2.31. The van der Waals surface area contributed by atoms with E-state index in [1.54, 1.807) is 23.6 Å². The maximum atomic E-state index is 10.0. The Hall–Kier alpha value is -3.70. The molecule has 1 aliphatic rings. The Morgan fingerprint density at radius 2 is 1.91 bits per heavy atom. The van der Waals surface area contributed by atoms with E-state index in [2.05, 4.69) is 53.5 Å². The molecule has 8 nitrogen and oxygen atoms in total. The number of aliphatic hydroxyl groups is 1. The van der Waals surface area contributed by atoms with Crippen LogP contribution in [0.2, 0.25) is 0 Å². The van der Waals surface area contributed by atoms with Crippen LogP contribution < -0.4 is 4.90 Å². The van der Waals surface area contributed by atoms with E-state index in [4.69, 9.17) is 9.97 Å². The molecule has 3 aromatic heterocycles. The normalized spacial score (nSPS) is 13.4. The van der Waals surface area contributed by atoms with Crippen molar-refractivity contribution in [2.75, 3.05) is 18.0 Å². The molecule has 0 saturated carbocycles. The zero-order chi connectivity index (χ0) is 23.7. The third-order valence-corrected chi connectivity index (χ3v) is 7.46. The Labute approximate surface area is 204 Å². The summed E-state index contributed by atoms with van der Waals surface area (Å²) in [4.78, 5) is 11.3. The van der Waals surface area contributed by atoms with Crippen molar-refractivity contribution in [1.29, 1.82) is 10.5 Å². The number of hydrogen-bond acceptors (Lipinski definition) is 9. The number of aryl methyl sites for hydroxylation is 1. The number of nitrogens with zero attached hydrogens (tertiary/aromatic N) is 6. The van der Waals surface area contributed by atoms with Gasteiger partial charge in [0, 0.05) is 41.5 Å². The number of hydrogen-bond donors (Lipinski definition) is 2. The first kappa shape index (κ1) is 22.1. The van der Waals surface area contributed by atoms with Gasteiger partial charge in [0.25, 0.3) is 0 Å². The average Bonchev–Trinajstić information content (AvgIpc) is 3.52. The lowest BCUT2D eigenvalue weighted by Gasteiger charge is -2.37. The molecule has 0 amide bonds. The summed E-state index contributed by atoms with van der Waals surface area (Å²) < 4.78 is 0. The van der Waals surface area contributed by atoms with Gasteiger partial charge in [0.15, 0.2) is 0 Å². The summed E-state index contributed by atoms with van der Waals surface area (Å²) in [6, 6.07) is 14.4. The van der Waals surface area contributed by atoms with Crippen molar-refractivity contribution < 1.29 is 5.11 Å². The summed E-state index contributed by atoms with van der Waals surface area (Å²) in [7, 11) is 0. The highest BCUT2D eigenvalue weighted by molar-refractivity contribution is 7.98. The molecule has 4 heterocycles. The van der Waals surface area contributed by atoms with Gasteiger partial charge in [-0.25, -0.2) is 9.97 Å². The minimum absolute atomic E-state index is 0.298. The summed E-state index contributed by atoms with van der Waals surface area (Å²) in [6.07, 6.45) is 1.13. The van der Waals surface area contributed by atoms with Crippen LogP contribution in [0.3, 0.4) is 0 Å². The molecule has 1 saturated heterocycles. The van der Waals surface area contributed by atoms with Crippen LogP contribution in [0.25, 0.3) is 21.8 Å². The first-order chi connectivity index (χ1) is 16.6. The van der Waals surface area contributed by atoms with E-state index in [1.165, 1.54) is 17.3 Å². The molecule has 1 fully saturated rings. The van der Waals surface area contributed by atoms with Crippen LogP contribution >= 0.6 is 23.1 Å². The van der Waals surface area contributed by atoms with Gasteiger partial charge in [-0.05, 0) is 13.0 Å². The van der Waals surface area contributed by atoms with Gasteiger partial charge < -0.3 is 10.0 Å². The fourth-order valence-corrected chi connectivity index (χ4v) is 5.54. The molecule has 0 aliphatic carbocycles. The van der Waals surface area contributed by atoms with Crippen molar-refractivity contribution in [2.24, 2.45) is 0 Å². The monoisotopic (exact) mass is 485 g/mol. The predicted molar refractivity (Wildman–Crippen MR) is 131 cm³/mol. The average molecular weight is 486 g/mol. The number of nitriles is 2. The summed E-state index contributed by atoms with van der Waals surface area (Å²) in [5.74, 6) is 0.998. The molecular formula is C24H19N7OS2. The molecule has 1 aromatic carbocycles. The Balaban J connectivity index is 1.50. The molecule has 1 aliphatic heterocycles. The number of H-pyrrole nitrogens is 1. The van der Waals surface area contributed by atoms with Crippen molar-refractivity contribution in [1.82, 2.24) is 20.2 Å². The van der Waals surface area contributed by atoms with Crippen LogP contribution in [0, 0.1) is 29.6 Å². The molecule has 0 radical (unpaired) electrons. The molecule has 34 heavy (non-hydrogen) atoms. The molecule has 0 bridgehead atoms. The van der Waals surface area contributed by atoms with Gasteiger partial charge in [-0.2, -0.15) is 15.6 Å². The van der Waals surface area contributed by atoms with E-state index in [9.17, 15) is 15.6 Å². The third kappa shape index (κ3) is 4.15. The lowest BCUT2D eigenvalue weighted by atomic mass is 10.00. The molecule has 0 unspecified atom stereocenters. The van der Waals surface area contributed by atoms with Gasteiger partial charge in [0.05, 0.1) is 23.1 Å². The Kier molecular flexibility index (Phi) is 6.03. The summed E-state index contributed by atoms with van der Waals surface area (Å²) >= 11 is 2.99. The number of thiazole rings is 1. The molecule has 0 atom stereocenters. The first-order valence-electron chi connectivity index (χ1n) is 10.5. The number of pyridine rings is 1. The second kappa shape index (κ2) is 9.27. The fourth-order valence-electron chi connectivity index (χ4n) is 3.73. The lowest BCUT2D eigenvalue weighted by Crippen LogP contribution is -2.51. The van der Waals surface area contributed by atoms with Crippen molar-refractivity contribution >= 4 is 28.9 Å². The number of aromatic amines is 1. The number of thioether (sulfide) groups is 1. The molecular weight excluding hydrogens is 466 g/mol. The number of nitrogens with one attached hydrogen (secondary N) is 1. The maximum absolute atomic E-state index is 10.0. The fraction of sp³-hybridized carbons (Fsp3) is 0.208. The third-order valence-electron chi connectivity index (χ3n) is 5.51. The maximum Gasteiger partial charge on any atom is 0.148 e. The first-order valence-corrected chi connectivity index (χ1v) is 12.4. The zero-order valence-corrected chi connectivity index (χ0v) is 19.8. The van der Waals surface area contributed by atoms with Crippen LogP contribution in [0.15, 0.2) is 46.9 Å². The molecule has 2 N–H and O–H groups in total. The minimum Gasteiger partial charge on any atom is -0.389 e. The smallest absolute Gasteiger partial charge is 0.148 e. The van der Waals surface area contributed by atoms with Gasteiger partial charge >= 0.3 is 0 Å². The van der Waals surface area contributed by atoms with E-state index < -0.39 is 6.10 Å². The lowest BCUT2D eigenvalue weighted by molar-refractivity contribution is 0.141. The number of rotatable bonds is 6. The second-order valence-corrected chi connectivity index (χ2v) is 9.74. The van der Waals surface area contributed by atoms with Crippen LogP contribution in [0.5, 0.6) is 0 Å². The zero-order valence-electron chi connectivity index (χ0n) is 18.2. The van der Waals surface area contributed by atoms with E-state index in [0.29, 0.717) is 52.1 Å². The highest BCUT2D eigenvalue weighted by Crippen LogP contribution is 2.39.